The molecule has 0 bridgehead atoms. The second kappa shape index (κ2) is 8.21. The molecule has 0 saturated carbocycles. The standard InChI is InChI=1S/C20H23NO3S/c1-2-3-7-11-21-17(13-18(22)23)19(16-10-12-25-14-16)24-20(21)15-8-5-4-6-9-15/h4-6,8-10,12,14,20H,2-3,7,11,13H2,1H3,(H,22,23). The van der Waals surface area contributed by atoms with E-state index < -0.39 is 5.97 Å². The summed E-state index contributed by atoms with van der Waals surface area (Å²) < 4.78 is 6.30. The molecule has 4 nitrogen and oxygen atoms in total. The van der Waals surface area contributed by atoms with E-state index in [9.17, 15) is 9.90 Å². The highest BCUT2D eigenvalue weighted by atomic mass is 32.1. The summed E-state index contributed by atoms with van der Waals surface area (Å²) in [5.41, 5.74) is 2.78. The first-order valence-electron chi connectivity index (χ1n) is 8.66. The van der Waals surface area contributed by atoms with Gasteiger partial charge in [0.15, 0.2) is 12.0 Å². The van der Waals surface area contributed by atoms with E-state index in [1.165, 1.54) is 0 Å². The summed E-state index contributed by atoms with van der Waals surface area (Å²) in [5, 5.41) is 13.4. The van der Waals surface area contributed by atoms with Crippen molar-refractivity contribution in [3.05, 3.63) is 64.0 Å². The number of unbranched alkanes of at least 4 members (excludes halogenated alkanes) is 2. The zero-order valence-corrected chi connectivity index (χ0v) is 15.2. The number of carboxylic acid groups (broad SMARTS) is 1. The smallest absolute Gasteiger partial charge is 0.309 e. The maximum Gasteiger partial charge on any atom is 0.309 e. The van der Waals surface area contributed by atoms with Gasteiger partial charge >= 0.3 is 5.97 Å². The molecule has 0 saturated heterocycles. The molecule has 0 amide bonds. The molecule has 0 radical (unpaired) electrons. The lowest BCUT2D eigenvalue weighted by Crippen LogP contribution is -2.26. The van der Waals surface area contributed by atoms with Crippen molar-refractivity contribution < 1.29 is 14.6 Å². The van der Waals surface area contributed by atoms with E-state index in [2.05, 4.69) is 11.8 Å². The summed E-state index contributed by atoms with van der Waals surface area (Å²) in [6.45, 7) is 2.96. The molecule has 1 N–H and O–H groups in total. The van der Waals surface area contributed by atoms with Gasteiger partial charge in [-0.2, -0.15) is 11.3 Å². The molecule has 25 heavy (non-hydrogen) atoms. The van der Waals surface area contributed by atoms with Gasteiger partial charge in [0.1, 0.15) is 0 Å². The quantitative estimate of drug-likeness (QED) is 0.667. The summed E-state index contributed by atoms with van der Waals surface area (Å²) in [5.74, 6) is -0.130. The molecule has 3 rings (SSSR count). The molecule has 5 heteroatoms. The van der Waals surface area contributed by atoms with Crippen molar-refractivity contribution in [3.8, 4) is 0 Å². The summed E-state index contributed by atoms with van der Waals surface area (Å²) in [7, 11) is 0. The molecule has 1 unspecified atom stereocenters. The molecule has 0 aliphatic carbocycles. The summed E-state index contributed by atoms with van der Waals surface area (Å²) in [6.07, 6.45) is 2.97. The van der Waals surface area contributed by atoms with Crippen LogP contribution in [0.1, 0.15) is 50.0 Å². The van der Waals surface area contributed by atoms with E-state index >= 15 is 0 Å². The third-order valence-electron chi connectivity index (χ3n) is 4.31. The van der Waals surface area contributed by atoms with Crippen LogP contribution in [-0.4, -0.2) is 22.5 Å². The second-order valence-electron chi connectivity index (χ2n) is 6.14. The van der Waals surface area contributed by atoms with Crippen LogP contribution in [0, 0.1) is 0 Å². The predicted molar refractivity (Wildman–Crippen MR) is 100.0 cm³/mol. The Morgan fingerprint density at radius 1 is 1.24 bits per heavy atom. The number of ether oxygens (including phenoxy) is 1. The number of hydrogen-bond acceptors (Lipinski definition) is 4. The third-order valence-corrected chi connectivity index (χ3v) is 4.99. The number of benzene rings is 1. The summed E-state index contributed by atoms with van der Waals surface area (Å²) in [6, 6.07) is 12.0. The molecule has 2 heterocycles. The fourth-order valence-corrected chi connectivity index (χ4v) is 3.75. The van der Waals surface area contributed by atoms with Gasteiger partial charge in [-0.05, 0) is 17.9 Å². The van der Waals surface area contributed by atoms with Gasteiger partial charge in [0, 0.05) is 23.1 Å². The molecule has 1 aromatic carbocycles. The minimum atomic E-state index is -0.833. The van der Waals surface area contributed by atoms with Crippen molar-refractivity contribution in [1.29, 1.82) is 0 Å². The van der Waals surface area contributed by atoms with Crippen LogP contribution in [-0.2, 0) is 9.53 Å². The second-order valence-corrected chi connectivity index (χ2v) is 6.92. The van der Waals surface area contributed by atoms with Gasteiger partial charge in [-0.25, -0.2) is 0 Å². The summed E-state index contributed by atoms with van der Waals surface area (Å²) in [4.78, 5) is 13.6. The van der Waals surface area contributed by atoms with Gasteiger partial charge in [-0.15, -0.1) is 0 Å². The predicted octanol–water partition coefficient (Wildman–Crippen LogP) is 5.11. The number of hydrogen-bond donors (Lipinski definition) is 1. The van der Waals surface area contributed by atoms with Gasteiger partial charge in [0.05, 0.1) is 12.1 Å². The fourth-order valence-electron chi connectivity index (χ4n) is 3.12. The number of carboxylic acids is 1. The first-order valence-corrected chi connectivity index (χ1v) is 9.60. The van der Waals surface area contributed by atoms with Crippen molar-refractivity contribution in [3.63, 3.8) is 0 Å². The van der Waals surface area contributed by atoms with E-state index in [-0.39, 0.29) is 12.6 Å². The lowest BCUT2D eigenvalue weighted by molar-refractivity contribution is -0.136. The van der Waals surface area contributed by atoms with Crippen LogP contribution in [0.4, 0.5) is 0 Å². The van der Waals surface area contributed by atoms with Crippen molar-refractivity contribution in [2.75, 3.05) is 6.54 Å². The molecular weight excluding hydrogens is 334 g/mol. The van der Waals surface area contributed by atoms with Crippen LogP contribution in [0.15, 0.2) is 52.9 Å². The van der Waals surface area contributed by atoms with E-state index in [0.717, 1.165) is 42.6 Å². The number of thiophene rings is 1. The van der Waals surface area contributed by atoms with E-state index in [1.807, 2.05) is 47.2 Å². The number of carbonyl (C=O) groups is 1. The highest BCUT2D eigenvalue weighted by molar-refractivity contribution is 7.08. The minimum Gasteiger partial charge on any atom is -0.481 e. The lowest BCUT2D eigenvalue weighted by Gasteiger charge is -2.27. The van der Waals surface area contributed by atoms with E-state index in [0.29, 0.717) is 5.76 Å². The van der Waals surface area contributed by atoms with Crippen molar-refractivity contribution in [2.45, 2.75) is 38.8 Å². The lowest BCUT2D eigenvalue weighted by atomic mass is 10.1. The molecule has 1 aliphatic rings. The van der Waals surface area contributed by atoms with Crippen molar-refractivity contribution in [2.24, 2.45) is 0 Å². The maximum absolute atomic E-state index is 11.5. The molecular formula is C20H23NO3S. The number of aliphatic carboxylic acids is 1. The Kier molecular flexibility index (Phi) is 5.76. The van der Waals surface area contributed by atoms with Crippen molar-refractivity contribution >= 4 is 23.1 Å². The first-order chi connectivity index (χ1) is 12.2. The Balaban J connectivity index is 1.97. The average molecular weight is 357 g/mol. The first kappa shape index (κ1) is 17.5. The molecule has 132 valence electrons. The van der Waals surface area contributed by atoms with Crippen molar-refractivity contribution in [1.82, 2.24) is 4.90 Å². The molecule has 1 atom stereocenters. The molecule has 0 spiro atoms. The highest BCUT2D eigenvalue weighted by Gasteiger charge is 2.35. The monoisotopic (exact) mass is 357 g/mol. The van der Waals surface area contributed by atoms with E-state index in [1.54, 1.807) is 11.3 Å². The Bertz CT molecular complexity index is 725. The molecule has 2 aromatic rings. The van der Waals surface area contributed by atoms with Crippen LogP contribution in [0.3, 0.4) is 0 Å². The Morgan fingerprint density at radius 2 is 2.04 bits per heavy atom. The highest BCUT2D eigenvalue weighted by Crippen LogP contribution is 2.42. The van der Waals surface area contributed by atoms with Gasteiger partial charge in [-0.3, -0.25) is 4.79 Å². The average Bonchev–Trinajstić information content (AvgIpc) is 3.24. The fraction of sp³-hybridized carbons (Fsp3) is 0.350. The maximum atomic E-state index is 11.5. The Hall–Kier alpha value is -2.27. The Labute approximate surface area is 152 Å². The summed E-state index contributed by atoms with van der Waals surface area (Å²) >= 11 is 1.59. The van der Waals surface area contributed by atoms with Crippen LogP contribution in [0.5, 0.6) is 0 Å². The van der Waals surface area contributed by atoms with Gasteiger partial charge in [0.2, 0.25) is 0 Å². The SMILES string of the molecule is CCCCCN1C(CC(=O)O)=C(c2ccsc2)OC1c1ccccc1. The number of nitrogens with zero attached hydrogens (tertiary/aromatic N) is 1. The van der Waals surface area contributed by atoms with Crippen LogP contribution < -0.4 is 0 Å². The van der Waals surface area contributed by atoms with Crippen LogP contribution in [0.25, 0.3) is 5.76 Å². The van der Waals surface area contributed by atoms with E-state index in [4.69, 9.17) is 4.74 Å². The van der Waals surface area contributed by atoms with Gasteiger partial charge in [0.25, 0.3) is 0 Å². The van der Waals surface area contributed by atoms with Gasteiger partial charge < -0.3 is 14.7 Å². The molecule has 0 fully saturated rings. The minimum absolute atomic E-state index is 0.0271. The Morgan fingerprint density at radius 3 is 2.68 bits per heavy atom. The topological polar surface area (TPSA) is 49.8 Å². The zero-order chi connectivity index (χ0) is 17.6. The normalized spacial score (nSPS) is 17.0. The molecule has 1 aliphatic heterocycles. The zero-order valence-electron chi connectivity index (χ0n) is 14.4. The van der Waals surface area contributed by atoms with Crippen LogP contribution >= 0.6 is 11.3 Å². The third kappa shape index (κ3) is 4.04. The number of rotatable bonds is 8. The van der Waals surface area contributed by atoms with Crippen LogP contribution in [0.2, 0.25) is 0 Å². The van der Waals surface area contributed by atoms with Gasteiger partial charge in [-0.1, -0.05) is 50.1 Å². The molecule has 1 aromatic heterocycles. The largest absolute Gasteiger partial charge is 0.481 e.